The summed E-state index contributed by atoms with van der Waals surface area (Å²) in [6.07, 6.45) is 0. The first kappa shape index (κ1) is 22.6. The summed E-state index contributed by atoms with van der Waals surface area (Å²) in [7, 11) is 4.82. The first-order valence-corrected chi connectivity index (χ1v) is 10.5. The molecule has 29 heavy (non-hydrogen) atoms. The second-order valence-corrected chi connectivity index (χ2v) is 7.49. The van der Waals surface area contributed by atoms with Crippen LogP contribution in [-0.2, 0) is 21.9 Å². The van der Waals surface area contributed by atoms with Crippen LogP contribution in [0.1, 0.15) is 18.1 Å². The lowest BCUT2D eigenvalue weighted by Gasteiger charge is -2.28. The molecule has 0 aliphatic heterocycles. The van der Waals surface area contributed by atoms with Gasteiger partial charge in [0.25, 0.3) is 0 Å². The van der Waals surface area contributed by atoms with Crippen LogP contribution in [-0.4, -0.2) is 49.8 Å². The van der Waals surface area contributed by atoms with Crippen LogP contribution in [0, 0.1) is 0 Å². The average Bonchev–Trinajstić information content (AvgIpc) is 2.77. The second-order valence-electron chi connectivity index (χ2n) is 6.50. The van der Waals surface area contributed by atoms with Crippen molar-refractivity contribution in [3.05, 3.63) is 59.7 Å². The fourth-order valence-corrected chi connectivity index (χ4v) is 3.65. The highest BCUT2D eigenvalue weighted by molar-refractivity contribution is 7.99. The molecule has 0 spiro atoms. The molecule has 2 rings (SSSR count). The maximum Gasteiger partial charge on any atom is 0.242 e. The quantitative estimate of drug-likeness (QED) is 0.645. The van der Waals surface area contributed by atoms with Gasteiger partial charge in [-0.05, 0) is 42.3 Å². The minimum absolute atomic E-state index is 0.0737. The lowest BCUT2D eigenvalue weighted by molar-refractivity contribution is -0.138. The smallest absolute Gasteiger partial charge is 0.242 e. The zero-order valence-electron chi connectivity index (χ0n) is 17.3. The molecule has 0 unspecified atom stereocenters. The van der Waals surface area contributed by atoms with E-state index in [-0.39, 0.29) is 11.8 Å². The summed E-state index contributed by atoms with van der Waals surface area (Å²) in [6.45, 7) is 2.11. The van der Waals surface area contributed by atoms with Crippen molar-refractivity contribution < 1.29 is 19.1 Å². The minimum atomic E-state index is -0.559. The molecule has 2 amide bonds. The Morgan fingerprint density at radius 3 is 1.97 bits per heavy atom. The number of thioether (sulfide) groups is 1. The molecule has 1 atom stereocenters. The Balaban J connectivity index is 2.01. The highest BCUT2D eigenvalue weighted by Crippen LogP contribution is 2.19. The molecular formula is C22H28N2O4S. The van der Waals surface area contributed by atoms with E-state index in [0.29, 0.717) is 18.1 Å². The summed E-state index contributed by atoms with van der Waals surface area (Å²) >= 11 is 1.53. The molecule has 0 fully saturated rings. The zero-order valence-corrected chi connectivity index (χ0v) is 18.1. The molecule has 0 heterocycles. The van der Waals surface area contributed by atoms with Gasteiger partial charge in [0, 0.05) is 19.3 Å². The number of methoxy groups -OCH3 is 2. The number of nitrogens with zero attached hydrogens (tertiary/aromatic N) is 1. The predicted molar refractivity (Wildman–Crippen MR) is 116 cm³/mol. The average molecular weight is 417 g/mol. The summed E-state index contributed by atoms with van der Waals surface area (Å²) in [6, 6.07) is 14.7. The predicted octanol–water partition coefficient (Wildman–Crippen LogP) is 3.10. The molecule has 6 nitrogen and oxygen atoms in total. The van der Waals surface area contributed by atoms with Crippen molar-refractivity contribution >= 4 is 23.6 Å². The Morgan fingerprint density at radius 1 is 0.966 bits per heavy atom. The van der Waals surface area contributed by atoms with Crippen molar-refractivity contribution in [1.82, 2.24) is 10.2 Å². The van der Waals surface area contributed by atoms with E-state index >= 15 is 0 Å². The van der Waals surface area contributed by atoms with Crippen LogP contribution in [0.5, 0.6) is 11.5 Å². The van der Waals surface area contributed by atoms with Gasteiger partial charge in [0.1, 0.15) is 17.5 Å². The van der Waals surface area contributed by atoms with Crippen LogP contribution in [0.25, 0.3) is 0 Å². The van der Waals surface area contributed by atoms with Gasteiger partial charge in [-0.15, -0.1) is 11.8 Å². The second kappa shape index (κ2) is 11.4. The van der Waals surface area contributed by atoms with E-state index in [4.69, 9.17) is 9.47 Å². The Labute approximate surface area is 176 Å². The van der Waals surface area contributed by atoms with E-state index < -0.39 is 6.04 Å². The summed E-state index contributed by atoms with van der Waals surface area (Å²) in [5.74, 6) is 2.30. The molecule has 2 aromatic rings. The van der Waals surface area contributed by atoms with Crippen LogP contribution in [0.3, 0.4) is 0 Å². The lowest BCUT2D eigenvalue weighted by Crippen LogP contribution is -2.47. The van der Waals surface area contributed by atoms with Gasteiger partial charge < -0.3 is 19.7 Å². The van der Waals surface area contributed by atoms with Gasteiger partial charge in [-0.2, -0.15) is 0 Å². The Hall–Kier alpha value is -2.67. The van der Waals surface area contributed by atoms with Gasteiger partial charge in [-0.3, -0.25) is 9.59 Å². The Bertz CT molecular complexity index is 793. The van der Waals surface area contributed by atoms with Crippen molar-refractivity contribution in [2.75, 3.05) is 27.0 Å². The maximum absolute atomic E-state index is 12.9. The number of hydrogen-bond donors (Lipinski definition) is 1. The van der Waals surface area contributed by atoms with Crippen LogP contribution < -0.4 is 14.8 Å². The fourth-order valence-electron chi connectivity index (χ4n) is 2.78. The molecule has 0 saturated heterocycles. The van der Waals surface area contributed by atoms with E-state index in [1.54, 1.807) is 33.1 Å². The summed E-state index contributed by atoms with van der Waals surface area (Å²) in [5, 5.41) is 2.63. The highest BCUT2D eigenvalue weighted by Gasteiger charge is 2.25. The minimum Gasteiger partial charge on any atom is -0.497 e. The van der Waals surface area contributed by atoms with Crippen molar-refractivity contribution in [2.45, 2.75) is 25.3 Å². The topological polar surface area (TPSA) is 67.9 Å². The number of carbonyl (C=O) groups is 2. The van der Waals surface area contributed by atoms with Crippen LogP contribution >= 0.6 is 11.8 Å². The molecule has 7 heteroatoms. The van der Waals surface area contributed by atoms with Gasteiger partial charge in [0.2, 0.25) is 11.8 Å². The van der Waals surface area contributed by atoms with Crippen molar-refractivity contribution in [3.63, 3.8) is 0 Å². The van der Waals surface area contributed by atoms with Gasteiger partial charge >= 0.3 is 0 Å². The van der Waals surface area contributed by atoms with E-state index in [1.165, 1.54) is 11.8 Å². The molecule has 0 aliphatic rings. The molecule has 1 N–H and O–H groups in total. The largest absolute Gasteiger partial charge is 0.497 e. The number of nitrogens with one attached hydrogen (secondary N) is 1. The summed E-state index contributed by atoms with van der Waals surface area (Å²) in [5.41, 5.74) is 2.06. The number of rotatable bonds is 10. The number of carbonyl (C=O) groups excluding carboxylic acids is 2. The molecule has 0 saturated carbocycles. The summed E-state index contributed by atoms with van der Waals surface area (Å²) in [4.78, 5) is 26.7. The van der Waals surface area contributed by atoms with Crippen molar-refractivity contribution in [1.29, 1.82) is 0 Å². The molecule has 0 aromatic heterocycles. The van der Waals surface area contributed by atoms with E-state index in [0.717, 1.165) is 22.6 Å². The number of benzene rings is 2. The van der Waals surface area contributed by atoms with Crippen LogP contribution in [0.4, 0.5) is 0 Å². The molecular weight excluding hydrogens is 388 g/mol. The van der Waals surface area contributed by atoms with Gasteiger partial charge in [0.15, 0.2) is 0 Å². The Kier molecular flexibility index (Phi) is 8.86. The SMILES string of the molecule is CNC(=O)[C@@H](C)N(Cc1ccc(OC)cc1)C(=O)CSCc1ccc(OC)cc1. The first-order chi connectivity index (χ1) is 14.0. The fraction of sp³-hybridized carbons (Fsp3) is 0.364. The van der Waals surface area contributed by atoms with Gasteiger partial charge in [0.05, 0.1) is 20.0 Å². The number of ether oxygens (including phenoxy) is 2. The zero-order chi connectivity index (χ0) is 21.2. The standard InChI is InChI=1S/C22H28N2O4S/c1-16(22(26)23-2)24(13-17-5-9-19(27-3)10-6-17)21(25)15-29-14-18-7-11-20(28-4)12-8-18/h5-12,16H,13-15H2,1-4H3,(H,23,26)/t16-/m1/s1. The lowest BCUT2D eigenvalue weighted by atomic mass is 10.1. The molecule has 0 radical (unpaired) electrons. The third kappa shape index (κ3) is 6.71. The molecule has 0 bridgehead atoms. The monoisotopic (exact) mass is 416 g/mol. The van der Waals surface area contributed by atoms with E-state index in [1.807, 2.05) is 48.5 Å². The highest BCUT2D eigenvalue weighted by atomic mass is 32.2. The van der Waals surface area contributed by atoms with Crippen LogP contribution in [0.15, 0.2) is 48.5 Å². The van der Waals surface area contributed by atoms with Crippen LogP contribution in [0.2, 0.25) is 0 Å². The third-order valence-corrected chi connectivity index (χ3v) is 5.57. The molecule has 156 valence electrons. The molecule has 0 aliphatic carbocycles. The maximum atomic E-state index is 12.9. The van der Waals surface area contributed by atoms with Crippen molar-refractivity contribution in [3.8, 4) is 11.5 Å². The van der Waals surface area contributed by atoms with E-state index in [2.05, 4.69) is 5.32 Å². The third-order valence-electron chi connectivity index (χ3n) is 4.58. The van der Waals surface area contributed by atoms with E-state index in [9.17, 15) is 9.59 Å². The van der Waals surface area contributed by atoms with Crippen molar-refractivity contribution in [2.24, 2.45) is 0 Å². The summed E-state index contributed by atoms with van der Waals surface area (Å²) < 4.78 is 10.3. The van der Waals surface area contributed by atoms with Gasteiger partial charge in [-0.25, -0.2) is 0 Å². The number of likely N-dealkylation sites (N-methyl/N-ethyl adjacent to an activating group) is 1. The first-order valence-electron chi connectivity index (χ1n) is 9.33. The number of hydrogen-bond acceptors (Lipinski definition) is 5. The number of amides is 2. The Morgan fingerprint density at radius 2 is 1.48 bits per heavy atom. The normalized spacial score (nSPS) is 11.4. The van der Waals surface area contributed by atoms with Gasteiger partial charge in [-0.1, -0.05) is 24.3 Å². The molecule has 2 aromatic carbocycles.